The summed E-state index contributed by atoms with van der Waals surface area (Å²) in [5, 5.41) is 0. The van der Waals surface area contributed by atoms with Crippen molar-refractivity contribution in [2.75, 3.05) is 0 Å². The summed E-state index contributed by atoms with van der Waals surface area (Å²) in [6, 6.07) is 2.35. The predicted octanol–water partition coefficient (Wildman–Crippen LogP) is 4.47. The van der Waals surface area contributed by atoms with E-state index in [-0.39, 0.29) is 0 Å². The van der Waals surface area contributed by atoms with Crippen LogP contribution in [0, 0.1) is 5.92 Å². The second kappa shape index (κ2) is 5.99. The Morgan fingerprint density at radius 2 is 1.89 bits per heavy atom. The van der Waals surface area contributed by atoms with Crippen LogP contribution in [0.4, 0.5) is 13.2 Å². The molecule has 0 aliphatic rings. The van der Waals surface area contributed by atoms with Crippen LogP contribution in [0.5, 0.6) is 0 Å². The van der Waals surface area contributed by atoms with Gasteiger partial charge in [0.05, 0.1) is 0 Å². The lowest BCUT2D eigenvalue weighted by Gasteiger charge is -2.06. The second-order valence-electron chi connectivity index (χ2n) is 4.67. The molecule has 0 saturated heterocycles. The number of nitrogens with zero attached hydrogens (tertiary/aromatic N) is 2. The van der Waals surface area contributed by atoms with Gasteiger partial charge in [-0.2, -0.15) is 13.2 Å². The molecule has 0 radical (unpaired) electrons. The lowest BCUT2D eigenvalue weighted by atomic mass is 10.1. The van der Waals surface area contributed by atoms with Gasteiger partial charge in [0.25, 0.3) is 0 Å². The Morgan fingerprint density at radius 3 is 2.32 bits per heavy atom. The number of halogens is 3. The van der Waals surface area contributed by atoms with Gasteiger partial charge in [-0.25, -0.2) is 0 Å². The first-order valence-corrected chi connectivity index (χ1v) is 5.96. The topological polar surface area (TPSA) is 25.2 Å². The van der Waals surface area contributed by atoms with E-state index in [4.69, 9.17) is 0 Å². The van der Waals surface area contributed by atoms with E-state index in [1.165, 1.54) is 12.3 Å². The van der Waals surface area contributed by atoms with Crippen LogP contribution in [0.15, 0.2) is 35.1 Å². The van der Waals surface area contributed by atoms with Gasteiger partial charge in [0, 0.05) is 23.7 Å². The van der Waals surface area contributed by atoms with Crippen molar-refractivity contribution >= 4 is 5.71 Å². The molecule has 0 aliphatic heterocycles. The zero-order chi connectivity index (χ0) is 14.6. The molecule has 1 aromatic rings. The van der Waals surface area contributed by atoms with E-state index in [1.54, 1.807) is 13.1 Å². The number of aromatic nitrogens is 1. The van der Waals surface area contributed by atoms with Crippen molar-refractivity contribution in [1.82, 2.24) is 4.98 Å². The molecular weight excluding hydrogens is 253 g/mol. The van der Waals surface area contributed by atoms with Gasteiger partial charge in [-0.3, -0.25) is 9.98 Å². The summed E-state index contributed by atoms with van der Waals surface area (Å²) in [6.45, 7) is 7.81. The highest BCUT2D eigenvalue weighted by Crippen LogP contribution is 2.27. The molecule has 0 unspecified atom stereocenters. The average Bonchev–Trinajstić information content (AvgIpc) is 2.34. The van der Waals surface area contributed by atoms with Gasteiger partial charge >= 0.3 is 6.18 Å². The van der Waals surface area contributed by atoms with Crippen molar-refractivity contribution in [2.24, 2.45) is 10.9 Å². The first kappa shape index (κ1) is 15.4. The maximum Gasteiger partial charge on any atom is 0.433 e. The van der Waals surface area contributed by atoms with E-state index < -0.39 is 11.9 Å². The Balaban J connectivity index is 2.93. The summed E-state index contributed by atoms with van der Waals surface area (Å²) in [4.78, 5) is 7.65. The van der Waals surface area contributed by atoms with Crippen molar-refractivity contribution < 1.29 is 13.2 Å². The summed E-state index contributed by atoms with van der Waals surface area (Å²) in [7, 11) is 0. The quantitative estimate of drug-likeness (QED) is 0.744. The summed E-state index contributed by atoms with van der Waals surface area (Å²) < 4.78 is 37.1. The molecular formula is C14H17F3N2. The Morgan fingerprint density at radius 1 is 1.26 bits per heavy atom. The smallest absolute Gasteiger partial charge is 0.261 e. The number of allylic oxidation sites excluding steroid dienone is 1. The van der Waals surface area contributed by atoms with Crippen molar-refractivity contribution in [2.45, 2.75) is 33.9 Å². The Labute approximate surface area is 111 Å². The van der Waals surface area contributed by atoms with Crippen LogP contribution < -0.4 is 0 Å². The van der Waals surface area contributed by atoms with E-state index in [0.717, 1.165) is 11.6 Å². The van der Waals surface area contributed by atoms with E-state index in [1.807, 2.05) is 6.92 Å². The number of pyridine rings is 1. The lowest BCUT2D eigenvalue weighted by molar-refractivity contribution is -0.141. The maximum absolute atomic E-state index is 12.4. The molecule has 0 aromatic carbocycles. The summed E-state index contributed by atoms with van der Waals surface area (Å²) >= 11 is 0. The number of hydrogen-bond acceptors (Lipinski definition) is 2. The predicted molar refractivity (Wildman–Crippen MR) is 70.0 cm³/mol. The van der Waals surface area contributed by atoms with Gasteiger partial charge in [-0.05, 0) is 31.9 Å². The number of hydrogen-bond donors (Lipinski definition) is 0. The highest BCUT2D eigenvalue weighted by Gasteiger charge is 2.32. The molecule has 1 aromatic heterocycles. The molecule has 0 N–H and O–H groups in total. The Kier molecular flexibility index (Phi) is 4.86. The SMILES string of the molecule is C/C(=C\N=C(/C)c1ccc(C(F)(F)F)nc1)C(C)C. The molecule has 0 spiro atoms. The standard InChI is InChI=1S/C14H17F3N2/c1-9(2)10(3)7-18-11(4)12-5-6-13(19-8-12)14(15,16)17/h5-9H,1-4H3/b10-7+,18-11+. The second-order valence-corrected chi connectivity index (χ2v) is 4.67. The van der Waals surface area contributed by atoms with Crippen molar-refractivity contribution in [3.05, 3.63) is 41.4 Å². The molecule has 0 fully saturated rings. The summed E-state index contributed by atoms with van der Waals surface area (Å²) in [5.74, 6) is 0.391. The van der Waals surface area contributed by atoms with Gasteiger partial charge in [0.15, 0.2) is 0 Å². The Bertz CT molecular complexity index is 482. The minimum absolute atomic E-state index is 0.391. The van der Waals surface area contributed by atoms with Gasteiger partial charge < -0.3 is 0 Å². The summed E-state index contributed by atoms with van der Waals surface area (Å²) in [5.41, 5.74) is 1.44. The first-order valence-electron chi connectivity index (χ1n) is 5.96. The third-order valence-corrected chi connectivity index (χ3v) is 2.84. The molecule has 0 saturated carbocycles. The molecule has 1 rings (SSSR count). The molecule has 0 amide bonds. The van der Waals surface area contributed by atoms with Gasteiger partial charge in [0.2, 0.25) is 0 Å². The molecule has 0 bridgehead atoms. The van der Waals surface area contributed by atoms with Gasteiger partial charge in [0.1, 0.15) is 5.69 Å². The van der Waals surface area contributed by atoms with Crippen molar-refractivity contribution in [3.8, 4) is 0 Å². The summed E-state index contributed by atoms with van der Waals surface area (Å²) in [6.07, 6.45) is -1.48. The number of rotatable bonds is 3. The van der Waals surface area contributed by atoms with Crippen LogP contribution in [-0.4, -0.2) is 10.7 Å². The average molecular weight is 270 g/mol. The fraction of sp³-hybridized carbons (Fsp3) is 0.429. The molecule has 5 heteroatoms. The van der Waals surface area contributed by atoms with Crippen LogP contribution in [0.1, 0.15) is 39.0 Å². The lowest BCUT2D eigenvalue weighted by Crippen LogP contribution is -2.08. The van der Waals surface area contributed by atoms with Crippen molar-refractivity contribution in [1.29, 1.82) is 0 Å². The van der Waals surface area contributed by atoms with E-state index in [9.17, 15) is 13.2 Å². The Hall–Kier alpha value is -1.65. The zero-order valence-electron chi connectivity index (χ0n) is 11.4. The highest BCUT2D eigenvalue weighted by molar-refractivity contribution is 5.98. The molecule has 0 atom stereocenters. The monoisotopic (exact) mass is 270 g/mol. The molecule has 0 aliphatic carbocycles. The number of aliphatic imine (C=N–C) groups is 1. The minimum atomic E-state index is -4.41. The largest absolute Gasteiger partial charge is 0.433 e. The number of alkyl halides is 3. The highest BCUT2D eigenvalue weighted by atomic mass is 19.4. The van der Waals surface area contributed by atoms with Crippen LogP contribution in [-0.2, 0) is 6.18 Å². The van der Waals surface area contributed by atoms with Crippen LogP contribution >= 0.6 is 0 Å². The van der Waals surface area contributed by atoms with Gasteiger partial charge in [-0.1, -0.05) is 19.4 Å². The third-order valence-electron chi connectivity index (χ3n) is 2.84. The van der Waals surface area contributed by atoms with E-state index in [0.29, 0.717) is 17.2 Å². The van der Waals surface area contributed by atoms with E-state index in [2.05, 4.69) is 23.8 Å². The fourth-order valence-corrected chi connectivity index (χ4v) is 1.20. The maximum atomic E-state index is 12.4. The minimum Gasteiger partial charge on any atom is -0.261 e. The third kappa shape index (κ3) is 4.50. The fourth-order valence-electron chi connectivity index (χ4n) is 1.20. The van der Waals surface area contributed by atoms with E-state index >= 15 is 0 Å². The van der Waals surface area contributed by atoms with Crippen LogP contribution in [0.25, 0.3) is 0 Å². The normalized spacial score (nSPS) is 14.1. The molecule has 19 heavy (non-hydrogen) atoms. The van der Waals surface area contributed by atoms with Crippen molar-refractivity contribution in [3.63, 3.8) is 0 Å². The van der Waals surface area contributed by atoms with Crippen LogP contribution in [0.2, 0.25) is 0 Å². The molecule has 104 valence electrons. The van der Waals surface area contributed by atoms with Crippen LogP contribution in [0.3, 0.4) is 0 Å². The molecule has 2 nitrogen and oxygen atoms in total. The van der Waals surface area contributed by atoms with Gasteiger partial charge in [-0.15, -0.1) is 0 Å². The molecule has 1 heterocycles. The zero-order valence-corrected chi connectivity index (χ0v) is 11.4. The first-order chi connectivity index (χ1) is 8.71.